The van der Waals surface area contributed by atoms with E-state index in [1.54, 1.807) is 24.3 Å². The largest absolute Gasteiger partial charge is 0.508 e. The van der Waals surface area contributed by atoms with E-state index in [2.05, 4.69) is 9.97 Å². The van der Waals surface area contributed by atoms with Crippen molar-refractivity contribution in [3.63, 3.8) is 0 Å². The Hall–Kier alpha value is -6.38. The van der Waals surface area contributed by atoms with Crippen molar-refractivity contribution < 1.29 is 60.5 Å². The van der Waals surface area contributed by atoms with Crippen LogP contribution >= 0.6 is 0 Å². The Morgan fingerprint density at radius 3 is 1.58 bits per heavy atom. The number of fused-ring (bicyclic) bond motifs is 4. The summed E-state index contributed by atoms with van der Waals surface area (Å²) in [6, 6.07) is 14.0. The first-order valence-corrected chi connectivity index (χ1v) is 15.4. The predicted octanol–water partition coefficient (Wildman–Crippen LogP) is 4.17. The van der Waals surface area contributed by atoms with Crippen molar-refractivity contribution >= 4 is 22.1 Å². The number of ether oxygens (including phenoxy) is 2. The van der Waals surface area contributed by atoms with Crippen LogP contribution in [0.25, 0.3) is 33.2 Å². The molecule has 8 rings (SSSR count). The van der Waals surface area contributed by atoms with Gasteiger partial charge in [-0.3, -0.25) is 0 Å². The van der Waals surface area contributed by atoms with Crippen LogP contribution in [0.3, 0.4) is 0 Å². The molecule has 5 aromatic carbocycles. The van der Waals surface area contributed by atoms with E-state index in [1.165, 1.54) is 18.2 Å². The zero-order valence-electron chi connectivity index (χ0n) is 25.7. The molecule has 0 saturated heterocycles. The Bertz CT molecular complexity index is 2400. The topological polar surface area (TPSA) is 247 Å². The molecule has 0 spiro atoms. The van der Waals surface area contributed by atoms with Crippen LogP contribution in [0.4, 0.5) is 0 Å². The number of rotatable bonds is 3. The van der Waals surface area contributed by atoms with E-state index < -0.39 is 47.4 Å². The van der Waals surface area contributed by atoms with Crippen molar-refractivity contribution in [2.75, 3.05) is 0 Å². The normalized spacial score (nSPS) is 19.8. The second kappa shape index (κ2) is 11.1. The molecule has 0 saturated carbocycles. The third kappa shape index (κ3) is 4.72. The minimum absolute atomic E-state index is 0.00296. The number of aliphatic hydroxyl groups excluding tert-OH is 2. The van der Waals surface area contributed by atoms with E-state index >= 15 is 0 Å². The van der Waals surface area contributed by atoms with Gasteiger partial charge < -0.3 is 60.5 Å². The summed E-state index contributed by atoms with van der Waals surface area (Å²) in [6.45, 7) is 0. The minimum atomic E-state index is -1.44. The van der Waals surface area contributed by atoms with Crippen molar-refractivity contribution in [1.82, 2.24) is 9.97 Å². The number of hydrogen-bond donors (Lipinski definition) is 10. The van der Waals surface area contributed by atoms with Gasteiger partial charge in [-0.25, -0.2) is 9.97 Å². The number of aromatic hydroxyl groups is 8. The molecule has 14 nitrogen and oxygen atoms in total. The summed E-state index contributed by atoms with van der Waals surface area (Å²) in [5, 5.41) is 109. The molecule has 6 aromatic rings. The fourth-order valence-electron chi connectivity index (χ4n) is 6.86. The first kappa shape index (κ1) is 30.9. The van der Waals surface area contributed by atoms with Crippen LogP contribution in [-0.2, 0) is 12.8 Å². The first-order valence-electron chi connectivity index (χ1n) is 15.4. The quantitative estimate of drug-likeness (QED) is 0.0931. The van der Waals surface area contributed by atoms with Crippen LogP contribution in [-0.4, -0.2) is 73.2 Å². The van der Waals surface area contributed by atoms with Crippen LogP contribution in [0.1, 0.15) is 34.5 Å². The van der Waals surface area contributed by atoms with Crippen molar-refractivity contribution in [1.29, 1.82) is 0 Å². The van der Waals surface area contributed by atoms with Crippen molar-refractivity contribution in [3.05, 3.63) is 82.9 Å². The highest BCUT2D eigenvalue weighted by Crippen LogP contribution is 2.55. The molecule has 0 amide bonds. The molecule has 4 atom stereocenters. The first-order chi connectivity index (χ1) is 23.9. The summed E-state index contributed by atoms with van der Waals surface area (Å²) in [5.74, 6) is -4.62. The molecule has 50 heavy (non-hydrogen) atoms. The molecule has 0 aliphatic carbocycles. The number of nitrogens with zero attached hydrogens (tertiary/aromatic N) is 2. The summed E-state index contributed by atoms with van der Waals surface area (Å²) >= 11 is 0. The highest BCUT2D eigenvalue weighted by molar-refractivity contribution is 5.98. The van der Waals surface area contributed by atoms with Gasteiger partial charge >= 0.3 is 0 Å². The van der Waals surface area contributed by atoms with Crippen LogP contribution < -0.4 is 9.47 Å². The van der Waals surface area contributed by atoms with E-state index in [-0.39, 0.29) is 91.8 Å². The smallest absolute Gasteiger partial charge is 0.200 e. The van der Waals surface area contributed by atoms with Crippen molar-refractivity contribution in [2.45, 2.75) is 37.3 Å². The van der Waals surface area contributed by atoms with Gasteiger partial charge in [0.05, 0.1) is 28.8 Å². The highest BCUT2D eigenvalue weighted by atomic mass is 16.5. The molecule has 2 aliphatic heterocycles. The Kier molecular flexibility index (Phi) is 6.85. The van der Waals surface area contributed by atoms with E-state index in [1.807, 2.05) is 0 Å². The summed E-state index contributed by atoms with van der Waals surface area (Å²) in [6.07, 6.45) is -6.00. The number of hydrogen-bond acceptors (Lipinski definition) is 14. The lowest BCUT2D eigenvalue weighted by atomic mass is 9.83. The van der Waals surface area contributed by atoms with Gasteiger partial charge in [0.2, 0.25) is 5.75 Å². The van der Waals surface area contributed by atoms with E-state index in [4.69, 9.17) is 9.47 Å². The number of benzene rings is 5. The lowest BCUT2D eigenvalue weighted by molar-refractivity contribution is 0.0189. The van der Waals surface area contributed by atoms with Crippen LogP contribution in [0, 0.1) is 0 Å². The van der Waals surface area contributed by atoms with Gasteiger partial charge in [-0.1, -0.05) is 12.1 Å². The number of aromatic nitrogens is 2. The molecule has 0 fully saturated rings. The molecule has 254 valence electrons. The van der Waals surface area contributed by atoms with E-state index in [9.17, 15) is 51.1 Å². The maximum Gasteiger partial charge on any atom is 0.200 e. The van der Waals surface area contributed by atoms with Gasteiger partial charge in [-0.15, -0.1) is 0 Å². The van der Waals surface area contributed by atoms with E-state index in [0.717, 1.165) is 18.2 Å². The lowest BCUT2D eigenvalue weighted by Gasteiger charge is -2.35. The van der Waals surface area contributed by atoms with Gasteiger partial charge in [-0.2, -0.15) is 0 Å². The van der Waals surface area contributed by atoms with Crippen LogP contribution in [0.5, 0.6) is 57.5 Å². The number of aliphatic hydroxyl groups is 2. The number of para-hydroxylation sites is 2. The average molecular weight is 681 g/mol. The fraction of sp³-hybridized carbons (Fsp3) is 0.167. The van der Waals surface area contributed by atoms with Gasteiger partial charge in [0, 0.05) is 70.5 Å². The monoisotopic (exact) mass is 680 g/mol. The zero-order valence-corrected chi connectivity index (χ0v) is 25.7. The molecule has 1 aromatic heterocycles. The SMILES string of the molecule is Oc1cc(O)c2c(c1)O[C@@H](c1cc(O)c(O)c(O)c1-c1c([C@@H]3Oc4cc(O)cc(O)c4C[C@@H]3O)cc3nc4ccccc4nc3c1O)[C@@H](O)C2. The predicted molar refractivity (Wildman–Crippen MR) is 175 cm³/mol. The van der Waals surface area contributed by atoms with Crippen molar-refractivity contribution in [3.8, 4) is 68.6 Å². The van der Waals surface area contributed by atoms with Gasteiger partial charge in [0.15, 0.2) is 29.5 Å². The molecule has 14 heteroatoms. The third-order valence-corrected chi connectivity index (χ3v) is 9.16. The minimum Gasteiger partial charge on any atom is -0.508 e. The molecule has 3 heterocycles. The Morgan fingerprint density at radius 1 is 0.520 bits per heavy atom. The maximum atomic E-state index is 12.1. The molecule has 10 N–H and O–H groups in total. The van der Waals surface area contributed by atoms with Gasteiger partial charge in [0.1, 0.15) is 40.0 Å². The average Bonchev–Trinajstić information content (AvgIpc) is 3.07. The Labute approximate surface area is 281 Å². The second-order valence-electron chi connectivity index (χ2n) is 12.3. The highest BCUT2D eigenvalue weighted by Gasteiger charge is 2.40. The zero-order chi connectivity index (χ0) is 35.2. The standard InChI is InChI=1S/C36H28N2O12/c39-13-5-22(41)15-10-25(44)35(49-27(15)7-13)17-9-21-31(38-20-4-2-1-3-19(20)37-21)33(47)29(17)30-18(12-24(43)32(46)34(30)48)36-26(45)11-16-23(42)6-14(40)8-28(16)50-36/h1-9,12,25-26,35-36,39-48H,10-11H2/t25-,26-,35-,36-/m0/s1. The maximum absolute atomic E-state index is 12.1. The summed E-state index contributed by atoms with van der Waals surface area (Å²) in [5.41, 5.74) is 0.627. The van der Waals surface area contributed by atoms with E-state index in [0.29, 0.717) is 11.0 Å². The summed E-state index contributed by atoms with van der Waals surface area (Å²) in [4.78, 5) is 9.23. The molecular weight excluding hydrogens is 652 g/mol. The summed E-state index contributed by atoms with van der Waals surface area (Å²) < 4.78 is 12.2. The van der Waals surface area contributed by atoms with Gasteiger partial charge in [0.25, 0.3) is 0 Å². The Balaban J connectivity index is 1.42. The molecule has 0 bridgehead atoms. The molecule has 0 radical (unpaired) electrons. The molecular formula is C36H28N2O12. The second-order valence-corrected chi connectivity index (χ2v) is 12.3. The van der Waals surface area contributed by atoms with Crippen LogP contribution in [0.2, 0.25) is 0 Å². The fourth-order valence-corrected chi connectivity index (χ4v) is 6.86. The molecule has 2 aliphatic rings. The Morgan fingerprint density at radius 2 is 1.02 bits per heavy atom. The lowest BCUT2D eigenvalue weighted by Crippen LogP contribution is -2.32. The van der Waals surface area contributed by atoms with Crippen LogP contribution in [0.15, 0.2) is 60.7 Å². The summed E-state index contributed by atoms with van der Waals surface area (Å²) in [7, 11) is 0. The van der Waals surface area contributed by atoms with Crippen molar-refractivity contribution in [2.24, 2.45) is 0 Å². The number of phenols is 8. The molecule has 0 unspecified atom stereocenters. The number of phenolic OH excluding ortho intramolecular Hbond substituents is 8. The third-order valence-electron chi connectivity index (χ3n) is 9.16. The van der Waals surface area contributed by atoms with Gasteiger partial charge in [-0.05, 0) is 24.3 Å².